The normalized spacial score (nSPS) is 11.0. The molecule has 3 aromatic carbocycles. The molecule has 8 heteroatoms. The third-order valence-corrected chi connectivity index (χ3v) is 5.72. The smallest absolute Gasteiger partial charge is 0.345 e. The molecule has 0 fully saturated rings. The number of hydrazone groups is 1. The molecule has 0 saturated carbocycles. The Morgan fingerprint density at radius 2 is 1.85 bits per heavy atom. The molecule has 3 aromatic rings. The van der Waals surface area contributed by atoms with E-state index in [0.29, 0.717) is 22.3 Å². The first-order chi connectivity index (χ1) is 16.2. The van der Waals surface area contributed by atoms with Gasteiger partial charge in [0.05, 0.1) is 16.8 Å². The van der Waals surface area contributed by atoms with E-state index in [1.165, 1.54) is 6.21 Å². The Morgan fingerprint density at radius 3 is 2.59 bits per heavy atom. The lowest BCUT2D eigenvalue weighted by Gasteiger charge is -2.12. The molecule has 0 aliphatic rings. The Balaban J connectivity index is 1.64. The van der Waals surface area contributed by atoms with E-state index in [2.05, 4.69) is 40.3 Å². The molecule has 0 saturated heterocycles. The molecule has 1 N–H and O–H groups in total. The first-order valence-corrected chi connectivity index (χ1v) is 11.7. The first kappa shape index (κ1) is 25.5. The number of nitrogens with one attached hydrogen (secondary N) is 1. The molecule has 6 nitrogen and oxygen atoms in total. The predicted octanol–water partition coefficient (Wildman–Crippen LogP) is 6.28. The van der Waals surface area contributed by atoms with E-state index in [0.717, 1.165) is 15.6 Å². The second-order valence-electron chi connectivity index (χ2n) is 7.81. The van der Waals surface area contributed by atoms with E-state index >= 15 is 0 Å². The van der Waals surface area contributed by atoms with E-state index < -0.39 is 11.9 Å². The summed E-state index contributed by atoms with van der Waals surface area (Å²) in [6.45, 7) is 5.93. The van der Waals surface area contributed by atoms with Crippen molar-refractivity contribution < 1.29 is 19.1 Å². The minimum atomic E-state index is -0.598. The number of amides is 1. The molecule has 176 valence electrons. The van der Waals surface area contributed by atoms with Crippen molar-refractivity contribution in [3.05, 3.63) is 92.4 Å². The standard InChI is InChI=1S/C26H24BrClN2O4/c1-16(2)18-9-8-17(3)24(13-18)33-15-25(31)30-29-14-19-12-20(27)10-11-23(19)34-26(32)21-6-4-5-7-22(21)28/h4-14,16H,15H2,1-3H3,(H,30,31)/b29-14-. The van der Waals surface area contributed by atoms with Crippen molar-refractivity contribution in [2.45, 2.75) is 26.7 Å². The van der Waals surface area contributed by atoms with Gasteiger partial charge >= 0.3 is 5.97 Å². The second-order valence-corrected chi connectivity index (χ2v) is 9.14. The Morgan fingerprint density at radius 1 is 1.09 bits per heavy atom. The largest absolute Gasteiger partial charge is 0.483 e. The fourth-order valence-corrected chi connectivity index (χ4v) is 3.57. The van der Waals surface area contributed by atoms with Gasteiger partial charge in [0.1, 0.15) is 11.5 Å². The van der Waals surface area contributed by atoms with Gasteiger partial charge in [0, 0.05) is 10.0 Å². The summed E-state index contributed by atoms with van der Waals surface area (Å²) in [4.78, 5) is 24.7. The summed E-state index contributed by atoms with van der Waals surface area (Å²) < 4.78 is 11.9. The van der Waals surface area contributed by atoms with Crippen LogP contribution in [0.3, 0.4) is 0 Å². The fraction of sp³-hybridized carbons (Fsp3) is 0.192. The van der Waals surface area contributed by atoms with Crippen molar-refractivity contribution in [2.75, 3.05) is 6.61 Å². The van der Waals surface area contributed by atoms with E-state index in [-0.39, 0.29) is 17.9 Å². The van der Waals surface area contributed by atoms with Gasteiger partial charge in [0.2, 0.25) is 0 Å². The van der Waals surface area contributed by atoms with Crippen LogP contribution in [0.4, 0.5) is 0 Å². The van der Waals surface area contributed by atoms with Gasteiger partial charge < -0.3 is 9.47 Å². The van der Waals surface area contributed by atoms with Crippen LogP contribution in [-0.4, -0.2) is 24.7 Å². The highest BCUT2D eigenvalue weighted by Crippen LogP contribution is 2.25. The summed E-state index contributed by atoms with van der Waals surface area (Å²) in [6.07, 6.45) is 1.39. The van der Waals surface area contributed by atoms with E-state index in [9.17, 15) is 9.59 Å². The summed E-state index contributed by atoms with van der Waals surface area (Å²) in [5.74, 6) is 0.261. The van der Waals surface area contributed by atoms with Gasteiger partial charge in [-0.2, -0.15) is 5.10 Å². The van der Waals surface area contributed by atoms with Crippen molar-refractivity contribution in [3.8, 4) is 11.5 Å². The van der Waals surface area contributed by atoms with Crippen LogP contribution in [0.15, 0.2) is 70.2 Å². The van der Waals surface area contributed by atoms with Gasteiger partial charge in [-0.3, -0.25) is 4.79 Å². The van der Waals surface area contributed by atoms with Gasteiger partial charge in [-0.1, -0.05) is 65.6 Å². The van der Waals surface area contributed by atoms with E-state index in [4.69, 9.17) is 21.1 Å². The molecule has 0 unspecified atom stereocenters. The maximum absolute atomic E-state index is 12.5. The third-order valence-electron chi connectivity index (χ3n) is 4.90. The van der Waals surface area contributed by atoms with Gasteiger partial charge in [-0.25, -0.2) is 10.2 Å². The summed E-state index contributed by atoms with van der Waals surface area (Å²) >= 11 is 9.47. The Bertz CT molecular complexity index is 1230. The summed E-state index contributed by atoms with van der Waals surface area (Å²) in [6, 6.07) is 17.6. The van der Waals surface area contributed by atoms with Crippen LogP contribution in [0, 0.1) is 6.92 Å². The molecule has 0 bridgehead atoms. The lowest BCUT2D eigenvalue weighted by molar-refractivity contribution is -0.123. The van der Waals surface area contributed by atoms with Crippen LogP contribution in [-0.2, 0) is 4.79 Å². The minimum Gasteiger partial charge on any atom is -0.483 e. The van der Waals surface area contributed by atoms with Crippen LogP contribution < -0.4 is 14.9 Å². The molecular weight excluding hydrogens is 520 g/mol. The number of esters is 1. The maximum atomic E-state index is 12.5. The maximum Gasteiger partial charge on any atom is 0.345 e. The fourth-order valence-electron chi connectivity index (χ4n) is 2.98. The van der Waals surface area contributed by atoms with Gasteiger partial charge in [0.15, 0.2) is 6.61 Å². The summed E-state index contributed by atoms with van der Waals surface area (Å²) in [5.41, 5.74) is 5.23. The second kappa shape index (κ2) is 11.8. The van der Waals surface area contributed by atoms with Gasteiger partial charge in [0.25, 0.3) is 5.91 Å². The number of aryl methyl sites for hydroxylation is 1. The van der Waals surface area contributed by atoms with E-state index in [1.54, 1.807) is 42.5 Å². The number of hydrogen-bond acceptors (Lipinski definition) is 5. The van der Waals surface area contributed by atoms with Crippen molar-refractivity contribution in [1.29, 1.82) is 0 Å². The zero-order chi connectivity index (χ0) is 24.7. The number of carbonyl (C=O) groups is 2. The van der Waals surface area contributed by atoms with Crippen LogP contribution >= 0.6 is 27.5 Å². The van der Waals surface area contributed by atoms with Crippen LogP contribution in [0.5, 0.6) is 11.5 Å². The number of ether oxygens (including phenoxy) is 2. The predicted molar refractivity (Wildman–Crippen MR) is 137 cm³/mol. The molecule has 0 spiro atoms. The van der Waals surface area contributed by atoms with Crippen molar-refractivity contribution in [2.24, 2.45) is 5.10 Å². The number of nitrogens with zero attached hydrogens (tertiary/aromatic N) is 1. The monoisotopic (exact) mass is 542 g/mol. The SMILES string of the molecule is Cc1ccc(C(C)C)cc1OCC(=O)N/N=C\c1cc(Br)ccc1OC(=O)c1ccccc1Cl. The third kappa shape index (κ3) is 6.92. The van der Waals surface area contributed by atoms with Gasteiger partial charge in [-0.05, 0) is 60.4 Å². The average molecular weight is 544 g/mol. The lowest BCUT2D eigenvalue weighted by Crippen LogP contribution is -2.24. The quantitative estimate of drug-likeness (QED) is 0.157. The summed E-state index contributed by atoms with van der Waals surface area (Å²) in [7, 11) is 0. The molecular formula is C26H24BrClN2O4. The zero-order valence-corrected chi connectivity index (χ0v) is 21.3. The Hall–Kier alpha value is -3.16. The lowest BCUT2D eigenvalue weighted by atomic mass is 10.0. The van der Waals surface area contributed by atoms with Crippen LogP contribution in [0.1, 0.15) is 46.8 Å². The van der Waals surface area contributed by atoms with Crippen LogP contribution in [0.25, 0.3) is 0 Å². The average Bonchev–Trinajstić information content (AvgIpc) is 2.80. The number of hydrogen-bond donors (Lipinski definition) is 1. The Labute approximate surface area is 212 Å². The van der Waals surface area contributed by atoms with E-state index in [1.807, 2.05) is 25.1 Å². The number of rotatable bonds is 8. The molecule has 0 radical (unpaired) electrons. The van der Waals surface area contributed by atoms with Gasteiger partial charge in [-0.15, -0.1) is 0 Å². The van der Waals surface area contributed by atoms with Crippen molar-refractivity contribution in [1.82, 2.24) is 5.43 Å². The highest BCUT2D eigenvalue weighted by molar-refractivity contribution is 9.10. The number of benzene rings is 3. The summed E-state index contributed by atoms with van der Waals surface area (Å²) in [5, 5.41) is 4.27. The molecule has 0 heterocycles. The molecule has 3 rings (SSSR count). The topological polar surface area (TPSA) is 77.0 Å². The number of halogens is 2. The molecule has 0 atom stereocenters. The first-order valence-electron chi connectivity index (χ1n) is 10.6. The zero-order valence-electron chi connectivity index (χ0n) is 19.0. The molecule has 0 aromatic heterocycles. The molecule has 0 aliphatic heterocycles. The highest BCUT2D eigenvalue weighted by atomic mass is 79.9. The molecule has 1 amide bonds. The Kier molecular flexibility index (Phi) is 8.85. The number of carbonyl (C=O) groups excluding carboxylic acids is 2. The van der Waals surface area contributed by atoms with Crippen molar-refractivity contribution >= 4 is 45.6 Å². The molecule has 0 aliphatic carbocycles. The molecule has 34 heavy (non-hydrogen) atoms. The van der Waals surface area contributed by atoms with Crippen molar-refractivity contribution in [3.63, 3.8) is 0 Å². The van der Waals surface area contributed by atoms with Crippen LogP contribution in [0.2, 0.25) is 5.02 Å². The highest BCUT2D eigenvalue weighted by Gasteiger charge is 2.14. The minimum absolute atomic E-state index is 0.188.